The zero-order chi connectivity index (χ0) is 11.1. The molecule has 0 spiro atoms. The number of hydrogen-bond donors (Lipinski definition) is 0. The predicted octanol–water partition coefficient (Wildman–Crippen LogP) is 1.79. The summed E-state index contributed by atoms with van der Waals surface area (Å²) in [5.74, 6) is -0.263. The second kappa shape index (κ2) is 6.53. The van der Waals surface area contributed by atoms with Gasteiger partial charge in [0.15, 0.2) is 0 Å². The number of nitrogens with zero attached hydrogens (tertiary/aromatic N) is 1. The molecule has 1 rings (SSSR count). The molecule has 0 aromatic carbocycles. The summed E-state index contributed by atoms with van der Waals surface area (Å²) in [4.78, 5) is 15.2. The molecular formula is C10H15NO3S. The Labute approximate surface area is 93.2 Å². The summed E-state index contributed by atoms with van der Waals surface area (Å²) in [6, 6.07) is 0. The van der Waals surface area contributed by atoms with Crippen molar-refractivity contribution >= 4 is 17.3 Å². The molecule has 5 heteroatoms. The molecule has 15 heavy (non-hydrogen) atoms. The minimum atomic E-state index is -0.263. The van der Waals surface area contributed by atoms with Crippen molar-refractivity contribution in [1.29, 1.82) is 0 Å². The number of hydrogen-bond acceptors (Lipinski definition) is 5. The van der Waals surface area contributed by atoms with Crippen LogP contribution in [0.4, 0.5) is 0 Å². The summed E-state index contributed by atoms with van der Waals surface area (Å²) in [7, 11) is 1.37. The van der Waals surface area contributed by atoms with E-state index in [-0.39, 0.29) is 12.4 Å². The minimum absolute atomic E-state index is 0.237. The average Bonchev–Trinajstić information content (AvgIpc) is 2.66. The van der Waals surface area contributed by atoms with E-state index in [2.05, 4.69) is 16.6 Å². The van der Waals surface area contributed by atoms with Crippen molar-refractivity contribution in [3.05, 3.63) is 16.1 Å². The molecule has 0 aliphatic heterocycles. The van der Waals surface area contributed by atoms with Crippen LogP contribution in [0.2, 0.25) is 0 Å². The molecule has 0 saturated carbocycles. The van der Waals surface area contributed by atoms with Gasteiger partial charge in [-0.05, 0) is 6.42 Å². The van der Waals surface area contributed by atoms with Crippen molar-refractivity contribution in [2.75, 3.05) is 13.7 Å². The summed E-state index contributed by atoms with van der Waals surface area (Å²) < 4.78 is 9.90. The van der Waals surface area contributed by atoms with Gasteiger partial charge in [-0.25, -0.2) is 4.98 Å². The van der Waals surface area contributed by atoms with Gasteiger partial charge in [0.05, 0.1) is 25.8 Å². The van der Waals surface area contributed by atoms with Gasteiger partial charge in [0, 0.05) is 12.0 Å². The number of carbonyl (C=O) groups excluding carboxylic acids is 1. The third-order valence-electron chi connectivity index (χ3n) is 1.73. The highest BCUT2D eigenvalue weighted by molar-refractivity contribution is 7.09. The molecule has 1 aromatic rings. The number of rotatable bonds is 6. The zero-order valence-electron chi connectivity index (χ0n) is 8.99. The van der Waals surface area contributed by atoms with Crippen LogP contribution in [0, 0.1) is 0 Å². The lowest BCUT2D eigenvalue weighted by atomic mass is 10.3. The number of carbonyl (C=O) groups is 1. The maximum absolute atomic E-state index is 11.0. The van der Waals surface area contributed by atoms with Crippen molar-refractivity contribution in [2.45, 2.75) is 26.4 Å². The van der Waals surface area contributed by atoms with Crippen molar-refractivity contribution in [3.8, 4) is 0 Å². The lowest BCUT2D eigenvalue weighted by molar-refractivity contribution is -0.139. The third kappa shape index (κ3) is 4.40. The topological polar surface area (TPSA) is 48.4 Å². The second-order valence-corrected chi connectivity index (χ2v) is 3.98. The van der Waals surface area contributed by atoms with Crippen LogP contribution in [0.25, 0.3) is 0 Å². The van der Waals surface area contributed by atoms with Crippen LogP contribution >= 0.6 is 11.3 Å². The smallest absolute Gasteiger partial charge is 0.311 e. The summed E-state index contributed by atoms with van der Waals surface area (Å²) >= 11 is 1.51. The average molecular weight is 229 g/mol. The molecule has 0 atom stereocenters. The standard InChI is InChI=1S/C10H15NO3S/c1-3-4-14-6-9-11-8(7-15-9)5-10(12)13-2/h7H,3-6H2,1-2H3. The van der Waals surface area contributed by atoms with Gasteiger partial charge in [0.25, 0.3) is 0 Å². The van der Waals surface area contributed by atoms with E-state index >= 15 is 0 Å². The second-order valence-electron chi connectivity index (χ2n) is 3.04. The van der Waals surface area contributed by atoms with Crippen LogP contribution in [-0.2, 0) is 27.3 Å². The lowest BCUT2D eigenvalue weighted by Crippen LogP contribution is -2.04. The number of esters is 1. The Hall–Kier alpha value is -0.940. The van der Waals surface area contributed by atoms with Crippen molar-refractivity contribution in [2.24, 2.45) is 0 Å². The lowest BCUT2D eigenvalue weighted by Gasteiger charge is -1.97. The number of ether oxygens (including phenoxy) is 2. The maximum atomic E-state index is 11.0. The van der Waals surface area contributed by atoms with E-state index in [0.29, 0.717) is 6.61 Å². The summed E-state index contributed by atoms with van der Waals surface area (Å²) in [5, 5.41) is 2.77. The minimum Gasteiger partial charge on any atom is -0.469 e. The van der Waals surface area contributed by atoms with E-state index in [1.54, 1.807) is 0 Å². The van der Waals surface area contributed by atoms with Gasteiger partial charge in [-0.15, -0.1) is 11.3 Å². The highest BCUT2D eigenvalue weighted by Gasteiger charge is 2.07. The molecule has 0 saturated heterocycles. The Morgan fingerprint density at radius 2 is 2.40 bits per heavy atom. The van der Waals surface area contributed by atoms with Gasteiger partial charge in [0.1, 0.15) is 5.01 Å². The molecule has 1 aromatic heterocycles. The Morgan fingerprint density at radius 3 is 3.07 bits per heavy atom. The molecule has 0 fully saturated rings. The van der Waals surface area contributed by atoms with Crippen molar-refractivity contribution in [3.63, 3.8) is 0 Å². The highest BCUT2D eigenvalue weighted by atomic mass is 32.1. The summed E-state index contributed by atoms with van der Waals surface area (Å²) in [6.07, 6.45) is 1.24. The molecule has 0 aliphatic rings. The first-order valence-corrected chi connectivity index (χ1v) is 5.72. The SMILES string of the molecule is CCCOCc1nc(CC(=O)OC)cs1. The largest absolute Gasteiger partial charge is 0.469 e. The van der Waals surface area contributed by atoms with Crippen LogP contribution in [0.15, 0.2) is 5.38 Å². The van der Waals surface area contributed by atoms with Gasteiger partial charge in [0.2, 0.25) is 0 Å². The van der Waals surface area contributed by atoms with E-state index < -0.39 is 0 Å². The Balaban J connectivity index is 2.38. The Kier molecular flexibility index (Phi) is 5.28. The fraction of sp³-hybridized carbons (Fsp3) is 0.600. The molecule has 0 unspecified atom stereocenters. The molecule has 1 heterocycles. The van der Waals surface area contributed by atoms with Crippen molar-refractivity contribution in [1.82, 2.24) is 4.98 Å². The van der Waals surface area contributed by atoms with Crippen LogP contribution < -0.4 is 0 Å². The van der Waals surface area contributed by atoms with Crippen molar-refractivity contribution < 1.29 is 14.3 Å². The number of methoxy groups -OCH3 is 1. The monoisotopic (exact) mass is 229 g/mol. The predicted molar refractivity (Wildman–Crippen MR) is 57.8 cm³/mol. The van der Waals surface area contributed by atoms with E-state index in [4.69, 9.17) is 4.74 Å². The highest BCUT2D eigenvalue weighted by Crippen LogP contribution is 2.11. The van der Waals surface area contributed by atoms with Gasteiger partial charge in [-0.1, -0.05) is 6.92 Å². The summed E-state index contributed by atoms with van der Waals surface area (Å²) in [5.41, 5.74) is 0.752. The third-order valence-corrected chi connectivity index (χ3v) is 2.60. The first-order chi connectivity index (χ1) is 7.26. The normalized spacial score (nSPS) is 10.3. The molecule has 84 valence electrons. The quantitative estimate of drug-likeness (QED) is 0.551. The van der Waals surface area contributed by atoms with Gasteiger partial charge >= 0.3 is 5.97 Å². The van der Waals surface area contributed by atoms with Crippen LogP contribution in [0.1, 0.15) is 24.0 Å². The zero-order valence-corrected chi connectivity index (χ0v) is 9.80. The molecule has 0 aliphatic carbocycles. The Bertz CT molecular complexity index is 311. The number of aromatic nitrogens is 1. The molecule has 0 N–H and O–H groups in total. The van der Waals surface area contributed by atoms with E-state index in [1.807, 2.05) is 5.38 Å². The Morgan fingerprint density at radius 1 is 1.60 bits per heavy atom. The molecular weight excluding hydrogens is 214 g/mol. The van der Waals surface area contributed by atoms with Gasteiger partial charge in [-0.2, -0.15) is 0 Å². The molecule has 4 nitrogen and oxygen atoms in total. The van der Waals surface area contributed by atoms with E-state index in [1.165, 1.54) is 18.4 Å². The van der Waals surface area contributed by atoms with E-state index in [9.17, 15) is 4.79 Å². The summed E-state index contributed by atoms with van der Waals surface area (Å²) in [6.45, 7) is 3.33. The van der Waals surface area contributed by atoms with Gasteiger partial charge < -0.3 is 9.47 Å². The van der Waals surface area contributed by atoms with Crippen LogP contribution in [0.5, 0.6) is 0 Å². The number of thiazole rings is 1. The van der Waals surface area contributed by atoms with Gasteiger partial charge in [-0.3, -0.25) is 4.79 Å². The van der Waals surface area contributed by atoms with Crippen LogP contribution in [0.3, 0.4) is 0 Å². The molecule has 0 amide bonds. The maximum Gasteiger partial charge on any atom is 0.311 e. The first-order valence-electron chi connectivity index (χ1n) is 4.84. The van der Waals surface area contributed by atoms with E-state index in [0.717, 1.165) is 23.7 Å². The van der Waals surface area contributed by atoms with Crippen LogP contribution in [-0.4, -0.2) is 24.7 Å². The molecule has 0 radical (unpaired) electrons. The molecule has 0 bridgehead atoms. The first kappa shape index (κ1) is 12.1. The fourth-order valence-corrected chi connectivity index (χ4v) is 1.75. The fourth-order valence-electron chi connectivity index (χ4n) is 1.02.